The predicted octanol–water partition coefficient (Wildman–Crippen LogP) is 3.80. The summed E-state index contributed by atoms with van der Waals surface area (Å²) in [6.45, 7) is 11.2. The second-order valence-corrected chi connectivity index (χ2v) is 4.48. The summed E-state index contributed by atoms with van der Waals surface area (Å²) in [5.41, 5.74) is 2.71. The molecule has 0 fully saturated rings. The maximum atomic E-state index is 7.18. The Hall–Kier alpha value is -1.60. The fraction of sp³-hybridized carbons (Fsp3) is 0.167. The van der Waals surface area contributed by atoms with E-state index in [-0.39, 0.29) is 0 Å². The van der Waals surface area contributed by atoms with Crippen molar-refractivity contribution in [1.82, 2.24) is 9.55 Å². The van der Waals surface area contributed by atoms with Gasteiger partial charge in [-0.25, -0.2) is 9.83 Å². The van der Waals surface area contributed by atoms with Gasteiger partial charge in [0.25, 0.3) is 0 Å². The molecule has 0 saturated heterocycles. The molecule has 0 aliphatic carbocycles. The van der Waals surface area contributed by atoms with Crippen molar-refractivity contribution in [3.05, 3.63) is 51.7 Å². The second-order valence-electron chi connectivity index (χ2n) is 3.56. The molecule has 0 N–H and O–H groups in total. The maximum absolute atomic E-state index is 7.18. The molecular weight excluding hydrogens is 266 g/mol. The molecular formula is C12H10BrN3. The van der Waals surface area contributed by atoms with Crippen LogP contribution in [0, 0.1) is 20.4 Å². The van der Waals surface area contributed by atoms with E-state index in [2.05, 4.69) is 25.8 Å². The topological polar surface area (TPSA) is 22.2 Å². The van der Waals surface area contributed by atoms with Crippen LogP contribution in [0.3, 0.4) is 0 Å². The molecule has 2 aromatic heterocycles. The molecule has 0 saturated carbocycles. The smallest absolute Gasteiger partial charge is 0.230 e. The molecule has 2 aromatic rings. The Bertz CT molecular complexity index is 559. The highest BCUT2D eigenvalue weighted by molar-refractivity contribution is 9.10. The van der Waals surface area contributed by atoms with Crippen molar-refractivity contribution in [3.63, 3.8) is 0 Å². The average molecular weight is 276 g/mol. The second kappa shape index (κ2) is 4.11. The fourth-order valence-electron chi connectivity index (χ4n) is 1.68. The van der Waals surface area contributed by atoms with Gasteiger partial charge in [-0.15, -0.1) is 0 Å². The van der Waals surface area contributed by atoms with Crippen LogP contribution in [0.2, 0.25) is 0 Å². The number of pyridine rings is 1. The predicted molar refractivity (Wildman–Crippen MR) is 67.0 cm³/mol. The van der Waals surface area contributed by atoms with Crippen LogP contribution in [-0.2, 0) is 0 Å². The summed E-state index contributed by atoms with van der Waals surface area (Å²) in [5, 5.41) is 0. The van der Waals surface area contributed by atoms with E-state index in [1.807, 2.05) is 30.5 Å². The number of hydrogen-bond donors (Lipinski definition) is 0. The molecule has 0 amide bonds. The van der Waals surface area contributed by atoms with E-state index in [0.29, 0.717) is 11.5 Å². The highest BCUT2D eigenvalue weighted by atomic mass is 79.9. The summed E-state index contributed by atoms with van der Waals surface area (Å²) >= 11 is 3.32. The Kier molecular flexibility index (Phi) is 2.80. The van der Waals surface area contributed by atoms with Gasteiger partial charge in [0.2, 0.25) is 5.69 Å². The summed E-state index contributed by atoms with van der Waals surface area (Å²) in [7, 11) is 0. The quantitative estimate of drug-likeness (QED) is 0.726. The molecule has 3 nitrogen and oxygen atoms in total. The highest BCUT2D eigenvalue weighted by Gasteiger charge is 2.10. The summed E-state index contributed by atoms with van der Waals surface area (Å²) in [4.78, 5) is 7.82. The Morgan fingerprint density at radius 1 is 1.31 bits per heavy atom. The van der Waals surface area contributed by atoms with Gasteiger partial charge in [0.15, 0.2) is 0 Å². The van der Waals surface area contributed by atoms with Gasteiger partial charge in [0.05, 0.1) is 6.57 Å². The minimum absolute atomic E-state index is 0.553. The number of rotatable bonds is 1. The van der Waals surface area contributed by atoms with Crippen LogP contribution in [-0.4, -0.2) is 9.55 Å². The molecule has 0 radical (unpaired) electrons. The van der Waals surface area contributed by atoms with E-state index in [1.54, 1.807) is 12.3 Å². The number of hydrogen-bond acceptors (Lipinski definition) is 1. The van der Waals surface area contributed by atoms with Crippen LogP contribution < -0.4 is 0 Å². The molecule has 0 aliphatic heterocycles. The first-order valence-electron chi connectivity index (χ1n) is 4.82. The maximum Gasteiger partial charge on any atom is 0.230 e. The van der Waals surface area contributed by atoms with Gasteiger partial charge >= 0.3 is 0 Å². The van der Waals surface area contributed by atoms with Crippen LogP contribution in [0.15, 0.2) is 28.9 Å². The lowest BCUT2D eigenvalue weighted by molar-refractivity contribution is 0.926. The molecule has 16 heavy (non-hydrogen) atoms. The van der Waals surface area contributed by atoms with Crippen LogP contribution in [0.4, 0.5) is 5.69 Å². The average Bonchev–Trinajstić information content (AvgIpc) is 2.59. The largest absolute Gasteiger partial charge is 0.312 e. The Labute approximate surface area is 103 Å². The molecule has 0 aliphatic rings. The zero-order valence-electron chi connectivity index (χ0n) is 9.03. The third-order valence-electron chi connectivity index (χ3n) is 2.42. The zero-order valence-corrected chi connectivity index (χ0v) is 10.6. The third kappa shape index (κ3) is 1.74. The molecule has 0 bridgehead atoms. The molecule has 2 rings (SSSR count). The number of halogens is 1. The van der Waals surface area contributed by atoms with Gasteiger partial charge in [-0.3, -0.25) is 0 Å². The van der Waals surface area contributed by atoms with E-state index in [1.165, 1.54) is 0 Å². The van der Waals surface area contributed by atoms with Crippen molar-refractivity contribution in [3.8, 4) is 5.82 Å². The van der Waals surface area contributed by atoms with Gasteiger partial charge in [-0.05, 0) is 32.0 Å². The minimum atomic E-state index is 0.553. The summed E-state index contributed by atoms with van der Waals surface area (Å²) in [6.07, 6.45) is 1.71. The fourth-order valence-corrected chi connectivity index (χ4v) is 2.00. The van der Waals surface area contributed by atoms with Crippen molar-refractivity contribution >= 4 is 21.6 Å². The van der Waals surface area contributed by atoms with Crippen molar-refractivity contribution < 1.29 is 0 Å². The first-order chi connectivity index (χ1) is 7.63. The Balaban J connectivity index is 2.70. The van der Waals surface area contributed by atoms with Crippen LogP contribution >= 0.6 is 15.9 Å². The van der Waals surface area contributed by atoms with E-state index in [9.17, 15) is 0 Å². The first kappa shape index (κ1) is 10.9. The van der Waals surface area contributed by atoms with Gasteiger partial charge in [0, 0.05) is 22.1 Å². The molecule has 0 unspecified atom stereocenters. The molecule has 0 spiro atoms. The van der Waals surface area contributed by atoms with Crippen LogP contribution in [0.5, 0.6) is 0 Å². The lowest BCUT2D eigenvalue weighted by atomic mass is 10.3. The Morgan fingerprint density at radius 2 is 1.94 bits per heavy atom. The molecule has 80 valence electrons. The summed E-state index contributed by atoms with van der Waals surface area (Å²) < 4.78 is 2.81. The number of aromatic nitrogens is 2. The standard InChI is InChI=1S/C12H10BrN3/c1-8-4-5-9(2)16(8)12-11(14-3)6-10(13)7-15-12/h4-7H,1-2H3. The third-order valence-corrected chi connectivity index (χ3v) is 2.85. The molecule has 4 heteroatoms. The van der Waals surface area contributed by atoms with Gasteiger partial charge in [0.1, 0.15) is 5.82 Å². The van der Waals surface area contributed by atoms with Gasteiger partial charge < -0.3 is 4.57 Å². The van der Waals surface area contributed by atoms with Crippen molar-refractivity contribution in [2.24, 2.45) is 0 Å². The van der Waals surface area contributed by atoms with Crippen molar-refractivity contribution in [2.75, 3.05) is 0 Å². The van der Waals surface area contributed by atoms with Gasteiger partial charge in [-0.1, -0.05) is 15.9 Å². The SMILES string of the molecule is [C-]#[N+]c1cc(Br)cnc1-n1c(C)ccc1C. The van der Waals surface area contributed by atoms with Crippen molar-refractivity contribution in [1.29, 1.82) is 0 Å². The van der Waals surface area contributed by atoms with E-state index in [4.69, 9.17) is 6.57 Å². The molecule has 0 atom stereocenters. The lowest BCUT2D eigenvalue weighted by Crippen LogP contribution is -2.01. The van der Waals surface area contributed by atoms with Gasteiger partial charge in [-0.2, -0.15) is 0 Å². The van der Waals surface area contributed by atoms with Crippen LogP contribution in [0.1, 0.15) is 11.4 Å². The number of aryl methyl sites for hydroxylation is 2. The minimum Gasteiger partial charge on any atom is -0.312 e. The molecule has 0 aromatic carbocycles. The van der Waals surface area contributed by atoms with E-state index in [0.717, 1.165) is 15.9 Å². The Morgan fingerprint density at radius 3 is 2.50 bits per heavy atom. The van der Waals surface area contributed by atoms with E-state index >= 15 is 0 Å². The number of nitrogens with zero attached hydrogens (tertiary/aromatic N) is 3. The van der Waals surface area contributed by atoms with Crippen LogP contribution in [0.25, 0.3) is 10.7 Å². The first-order valence-corrected chi connectivity index (χ1v) is 5.61. The van der Waals surface area contributed by atoms with E-state index < -0.39 is 0 Å². The zero-order chi connectivity index (χ0) is 11.7. The normalized spacial score (nSPS) is 10.1. The van der Waals surface area contributed by atoms with Crippen molar-refractivity contribution in [2.45, 2.75) is 13.8 Å². The highest BCUT2D eigenvalue weighted by Crippen LogP contribution is 2.27. The lowest BCUT2D eigenvalue weighted by Gasteiger charge is -2.10. The monoisotopic (exact) mass is 275 g/mol. The summed E-state index contributed by atoms with van der Waals surface area (Å²) in [6, 6.07) is 5.83. The summed E-state index contributed by atoms with van der Waals surface area (Å²) in [5.74, 6) is 0.693. The molecule has 2 heterocycles.